The van der Waals surface area contributed by atoms with E-state index in [-0.39, 0.29) is 48.1 Å². The first-order valence-corrected chi connectivity index (χ1v) is 14.7. The number of carbonyl (C=O) groups excluding carboxylic acids is 4. The third-order valence-electron chi connectivity index (χ3n) is 6.36. The summed E-state index contributed by atoms with van der Waals surface area (Å²) >= 11 is 10.4. The molecule has 4 amide bonds. The van der Waals surface area contributed by atoms with Crippen molar-refractivity contribution in [1.82, 2.24) is 21.3 Å². The van der Waals surface area contributed by atoms with E-state index in [9.17, 15) is 29.1 Å². The first kappa shape index (κ1) is 35.2. The summed E-state index contributed by atoms with van der Waals surface area (Å²) in [5.41, 5.74) is 6.60. The van der Waals surface area contributed by atoms with Gasteiger partial charge in [0.2, 0.25) is 17.7 Å². The van der Waals surface area contributed by atoms with Crippen molar-refractivity contribution < 1.29 is 34.2 Å². The van der Waals surface area contributed by atoms with E-state index in [1.165, 1.54) is 12.1 Å². The molecule has 2 aromatic rings. The highest BCUT2D eigenvalue weighted by Crippen LogP contribution is 2.19. The van der Waals surface area contributed by atoms with Gasteiger partial charge in [-0.3, -0.25) is 24.0 Å². The van der Waals surface area contributed by atoms with E-state index < -0.39 is 54.1 Å². The molecule has 12 nitrogen and oxygen atoms in total. The first-order chi connectivity index (χ1) is 20.3. The molecule has 0 fully saturated rings. The maximum atomic E-state index is 13.3. The molecule has 0 radical (unpaired) electrons. The highest BCUT2D eigenvalue weighted by molar-refractivity contribution is 7.80. The minimum Gasteiger partial charge on any atom is -0.508 e. The number of aliphatic carboxylic acids is 1. The van der Waals surface area contributed by atoms with Crippen molar-refractivity contribution in [2.45, 2.75) is 57.7 Å². The number of carbonyl (C=O) groups is 5. The van der Waals surface area contributed by atoms with Crippen LogP contribution in [0, 0.1) is 5.92 Å². The van der Waals surface area contributed by atoms with Crippen LogP contribution in [0.25, 0.3) is 0 Å². The lowest BCUT2D eigenvalue weighted by Gasteiger charge is -2.26. The Morgan fingerprint density at radius 2 is 1.58 bits per heavy atom. The maximum Gasteiger partial charge on any atom is 0.303 e. The Labute approximate surface area is 260 Å². The number of carboxylic acid groups (broad SMARTS) is 1. The van der Waals surface area contributed by atoms with Crippen LogP contribution >= 0.6 is 24.2 Å². The zero-order valence-corrected chi connectivity index (χ0v) is 25.6. The first-order valence-electron chi connectivity index (χ1n) is 13.7. The predicted octanol–water partition coefficient (Wildman–Crippen LogP) is 1.90. The molecule has 0 saturated heterocycles. The minimum absolute atomic E-state index is 0.0192. The van der Waals surface area contributed by atoms with Gasteiger partial charge in [0.15, 0.2) is 0 Å². The molecule has 14 heteroatoms. The summed E-state index contributed by atoms with van der Waals surface area (Å²) in [6.45, 7) is 3.93. The van der Waals surface area contributed by atoms with Crippen molar-refractivity contribution in [3.63, 3.8) is 0 Å². The van der Waals surface area contributed by atoms with Crippen LogP contribution in [-0.4, -0.2) is 70.2 Å². The lowest BCUT2D eigenvalue weighted by Crippen LogP contribution is -2.57. The number of anilines is 1. The lowest BCUT2D eigenvalue weighted by molar-refractivity contribution is -0.137. The van der Waals surface area contributed by atoms with Gasteiger partial charge in [0.05, 0.1) is 5.56 Å². The molecule has 3 atom stereocenters. The maximum absolute atomic E-state index is 13.3. The largest absolute Gasteiger partial charge is 0.508 e. The molecule has 0 aromatic heterocycles. The van der Waals surface area contributed by atoms with Crippen LogP contribution < -0.4 is 27.0 Å². The number of nitrogen functional groups attached to an aromatic ring is 1. The number of hydrogen-bond donors (Lipinski definition) is 8. The summed E-state index contributed by atoms with van der Waals surface area (Å²) in [4.78, 5) is 63.4. The van der Waals surface area contributed by atoms with Gasteiger partial charge in [-0.25, -0.2) is 0 Å². The fourth-order valence-electron chi connectivity index (χ4n) is 4.10. The number of halogens is 1. The van der Waals surface area contributed by atoms with Gasteiger partial charge in [-0.15, -0.1) is 0 Å². The highest BCUT2D eigenvalue weighted by Gasteiger charge is 2.30. The quantitative estimate of drug-likeness (QED) is 0.0776. The van der Waals surface area contributed by atoms with Crippen molar-refractivity contribution in [2.75, 3.05) is 18.0 Å². The molecule has 0 spiro atoms. The van der Waals surface area contributed by atoms with E-state index in [0.717, 1.165) is 11.6 Å². The summed E-state index contributed by atoms with van der Waals surface area (Å²) in [6.07, 6.45) is -0.0771. The van der Waals surface area contributed by atoms with Gasteiger partial charge in [0.25, 0.3) is 5.91 Å². The highest BCUT2D eigenvalue weighted by atomic mass is 35.5. The van der Waals surface area contributed by atoms with Crippen LogP contribution in [-0.2, 0) is 25.6 Å². The van der Waals surface area contributed by atoms with E-state index >= 15 is 0 Å². The number of amides is 4. The molecule has 0 bridgehead atoms. The normalized spacial score (nSPS) is 13.0. The third kappa shape index (κ3) is 11.7. The van der Waals surface area contributed by atoms with E-state index in [2.05, 4.69) is 33.9 Å². The summed E-state index contributed by atoms with van der Waals surface area (Å²) in [6, 6.07) is 7.47. The number of nitrogens with one attached hydrogen (secondary N) is 4. The van der Waals surface area contributed by atoms with Crippen LogP contribution in [0.5, 0.6) is 5.75 Å². The van der Waals surface area contributed by atoms with Gasteiger partial charge < -0.3 is 37.2 Å². The number of phenolic OH excluding ortho intramolecular Hbond substituents is 1. The molecule has 234 valence electrons. The fraction of sp³-hybridized carbons (Fsp3) is 0.414. The Hall–Kier alpha value is -3.97. The molecule has 0 saturated carbocycles. The molecule has 2 rings (SSSR count). The monoisotopic (exact) mass is 635 g/mol. The second kappa shape index (κ2) is 17.2. The number of benzene rings is 2. The zero-order chi connectivity index (χ0) is 32.1. The van der Waals surface area contributed by atoms with Gasteiger partial charge in [-0.05, 0) is 55.0 Å². The summed E-state index contributed by atoms with van der Waals surface area (Å²) in [7, 11) is 0. The summed E-state index contributed by atoms with van der Waals surface area (Å²) in [5, 5.41) is 29.9. The zero-order valence-electron chi connectivity index (χ0n) is 23.9. The average molecular weight is 636 g/mol. The predicted molar refractivity (Wildman–Crippen MR) is 166 cm³/mol. The lowest BCUT2D eigenvalue weighted by atomic mass is 10.0. The molecule has 0 aliphatic rings. The van der Waals surface area contributed by atoms with Gasteiger partial charge in [0, 0.05) is 29.4 Å². The van der Waals surface area contributed by atoms with E-state index in [4.69, 9.17) is 22.4 Å². The van der Waals surface area contributed by atoms with Crippen LogP contribution in [0.2, 0.25) is 5.02 Å². The van der Waals surface area contributed by atoms with Crippen molar-refractivity contribution in [2.24, 2.45) is 5.92 Å². The van der Waals surface area contributed by atoms with Crippen LogP contribution in [0.3, 0.4) is 0 Å². The van der Waals surface area contributed by atoms with Crippen LogP contribution in [0.1, 0.15) is 49.0 Å². The molecular formula is C29H38ClN5O7S. The molecule has 0 aliphatic carbocycles. The van der Waals surface area contributed by atoms with E-state index in [1.807, 2.05) is 26.0 Å². The van der Waals surface area contributed by atoms with Gasteiger partial charge in [0.1, 0.15) is 23.9 Å². The number of thiol groups is 1. The standard InChI is InChI=1S/C29H38ClN5O7S/c1-16(2)13-23(29(42)35-24(15-43)27(40)32-12-11-17-5-3-4-6-20(17)30)34-28(41)22(9-10-25(37)38)33-26(39)19-14-18(36)7-8-21(19)31/h3-8,14,16,22-24,36,43H,9-13,15,31H2,1-2H3,(H,32,40)(H,33,39)(H,34,41)(H,35,42)(H,37,38)/t22-,23-,24-/m0/s1. The Kier molecular flexibility index (Phi) is 14.1. The SMILES string of the molecule is CC(C)C[C@H](NC(=O)[C@H](CCC(=O)O)NC(=O)c1cc(O)ccc1N)C(=O)N[C@@H](CS)C(=O)NCCc1ccccc1Cl. The second-order valence-electron chi connectivity index (χ2n) is 10.3. The second-order valence-corrected chi connectivity index (χ2v) is 11.1. The molecule has 0 heterocycles. The summed E-state index contributed by atoms with van der Waals surface area (Å²) in [5.74, 6) is -4.25. The van der Waals surface area contributed by atoms with Gasteiger partial charge in [-0.1, -0.05) is 43.6 Å². The molecular weight excluding hydrogens is 598 g/mol. The van der Waals surface area contributed by atoms with Gasteiger partial charge >= 0.3 is 5.97 Å². The van der Waals surface area contributed by atoms with Gasteiger partial charge in [-0.2, -0.15) is 12.6 Å². The van der Waals surface area contributed by atoms with Crippen LogP contribution in [0.15, 0.2) is 42.5 Å². The number of hydrogen-bond acceptors (Lipinski definition) is 8. The Morgan fingerprint density at radius 3 is 2.21 bits per heavy atom. The summed E-state index contributed by atoms with van der Waals surface area (Å²) < 4.78 is 0. The Balaban J connectivity index is 2.11. The molecule has 43 heavy (non-hydrogen) atoms. The van der Waals surface area contributed by atoms with Crippen molar-refractivity contribution >= 4 is 59.5 Å². The van der Waals surface area contributed by atoms with Crippen LogP contribution in [0.4, 0.5) is 5.69 Å². The smallest absolute Gasteiger partial charge is 0.303 e. The topological polar surface area (TPSA) is 200 Å². The number of phenols is 1. The van der Waals surface area contributed by atoms with Crippen molar-refractivity contribution in [3.8, 4) is 5.75 Å². The average Bonchev–Trinajstić information content (AvgIpc) is 2.95. The Morgan fingerprint density at radius 1 is 0.930 bits per heavy atom. The number of aromatic hydroxyl groups is 1. The minimum atomic E-state index is -1.35. The number of nitrogens with two attached hydrogens (primary N) is 1. The molecule has 0 unspecified atom stereocenters. The number of rotatable bonds is 16. The van der Waals surface area contributed by atoms with E-state index in [1.54, 1.807) is 12.1 Å². The molecule has 2 aromatic carbocycles. The molecule has 8 N–H and O–H groups in total. The fourth-order valence-corrected chi connectivity index (χ4v) is 4.59. The Bertz CT molecular complexity index is 1310. The third-order valence-corrected chi connectivity index (χ3v) is 7.09. The van der Waals surface area contributed by atoms with Crippen molar-refractivity contribution in [1.29, 1.82) is 0 Å². The van der Waals surface area contributed by atoms with Crippen molar-refractivity contribution in [3.05, 3.63) is 58.6 Å². The molecule has 0 aliphatic heterocycles. The number of carboxylic acids is 1. The van der Waals surface area contributed by atoms with E-state index in [0.29, 0.717) is 11.4 Å².